The summed E-state index contributed by atoms with van der Waals surface area (Å²) in [5.41, 5.74) is 0. The predicted molar refractivity (Wildman–Crippen MR) is 203 cm³/mol. The van der Waals surface area contributed by atoms with E-state index in [-0.39, 0.29) is 0 Å². The summed E-state index contributed by atoms with van der Waals surface area (Å²) in [6, 6.07) is 0.730. The summed E-state index contributed by atoms with van der Waals surface area (Å²) in [7, 11) is 4.37. The zero-order valence-electron chi connectivity index (χ0n) is 30.6. The van der Waals surface area contributed by atoms with Gasteiger partial charge in [0.25, 0.3) is 0 Å². The third kappa shape index (κ3) is 37.1. The van der Waals surface area contributed by atoms with Crippen LogP contribution in [0.1, 0.15) is 187 Å². The highest BCUT2D eigenvalue weighted by molar-refractivity contribution is 4.93. The second kappa shape index (κ2) is 38.1. The van der Waals surface area contributed by atoms with E-state index in [2.05, 4.69) is 86.8 Å². The van der Waals surface area contributed by atoms with E-state index < -0.39 is 0 Å². The second-order valence-corrected chi connectivity index (χ2v) is 13.6. The molecule has 0 atom stereocenters. The summed E-state index contributed by atoms with van der Waals surface area (Å²) < 4.78 is 0. The molecule has 258 valence electrons. The quantitative estimate of drug-likeness (QED) is 0.0566. The van der Waals surface area contributed by atoms with Gasteiger partial charge in [-0.1, -0.05) is 152 Å². The lowest BCUT2D eigenvalue weighted by Crippen LogP contribution is -2.31. The maximum Gasteiger partial charge on any atom is 0.00670 e. The fourth-order valence-electron chi connectivity index (χ4n) is 5.81. The molecule has 0 rings (SSSR count). The Hall–Kier alpha value is -1.12. The monoisotopic (exact) mass is 613 g/mol. The molecule has 0 aromatic heterocycles. The normalized spacial score (nSPS) is 12.6. The third-order valence-electron chi connectivity index (χ3n) is 8.72. The van der Waals surface area contributed by atoms with Crippen molar-refractivity contribution >= 4 is 0 Å². The Bertz CT molecular complexity index is 596. The lowest BCUT2D eigenvalue weighted by Gasteiger charge is -2.20. The van der Waals surface area contributed by atoms with E-state index >= 15 is 0 Å². The molecule has 0 saturated heterocycles. The van der Waals surface area contributed by atoms with Crippen molar-refractivity contribution in [3.05, 3.63) is 48.6 Å². The first-order valence-electron chi connectivity index (χ1n) is 19.7. The lowest BCUT2D eigenvalue weighted by molar-refractivity contribution is 0.368. The molecule has 44 heavy (non-hydrogen) atoms. The predicted octanol–water partition coefficient (Wildman–Crippen LogP) is 13.3. The van der Waals surface area contributed by atoms with Gasteiger partial charge in [-0.3, -0.25) is 0 Å². The topological polar surface area (TPSA) is 15.3 Å². The summed E-state index contributed by atoms with van der Waals surface area (Å²) in [5.74, 6) is 0. The van der Waals surface area contributed by atoms with E-state index in [1.165, 1.54) is 174 Å². The van der Waals surface area contributed by atoms with Gasteiger partial charge in [0.2, 0.25) is 0 Å². The molecule has 2 nitrogen and oxygen atoms in total. The van der Waals surface area contributed by atoms with Gasteiger partial charge < -0.3 is 10.2 Å². The van der Waals surface area contributed by atoms with Gasteiger partial charge in [0, 0.05) is 6.04 Å². The van der Waals surface area contributed by atoms with Gasteiger partial charge in [0.05, 0.1) is 0 Å². The molecule has 0 aromatic carbocycles. The van der Waals surface area contributed by atoms with E-state index in [0.717, 1.165) is 18.9 Å². The Morgan fingerprint density at radius 3 is 1.18 bits per heavy atom. The fourth-order valence-corrected chi connectivity index (χ4v) is 5.81. The van der Waals surface area contributed by atoms with E-state index in [1.807, 2.05) is 0 Å². The fraction of sp³-hybridized carbons (Fsp3) is 0.810. The highest BCUT2D eigenvalue weighted by atomic mass is 15.1. The molecule has 0 aliphatic carbocycles. The first kappa shape index (κ1) is 42.9. The molecule has 0 saturated carbocycles. The van der Waals surface area contributed by atoms with Crippen molar-refractivity contribution in [1.29, 1.82) is 0 Å². The summed E-state index contributed by atoms with van der Waals surface area (Å²) in [4.78, 5) is 2.31. The van der Waals surface area contributed by atoms with Crippen molar-refractivity contribution in [2.75, 3.05) is 27.2 Å². The van der Waals surface area contributed by atoms with Crippen molar-refractivity contribution in [3.63, 3.8) is 0 Å². The molecule has 0 unspecified atom stereocenters. The van der Waals surface area contributed by atoms with Crippen molar-refractivity contribution < 1.29 is 0 Å². The molecule has 1 N–H and O–H groups in total. The number of nitrogens with one attached hydrogen (secondary N) is 1. The Morgan fingerprint density at radius 2 is 0.795 bits per heavy atom. The summed E-state index contributed by atoms with van der Waals surface area (Å²) in [6.07, 6.45) is 55.1. The number of hydrogen-bond acceptors (Lipinski definition) is 2. The molecule has 0 aliphatic rings. The van der Waals surface area contributed by atoms with Gasteiger partial charge in [-0.25, -0.2) is 0 Å². The van der Waals surface area contributed by atoms with Crippen LogP contribution in [0.3, 0.4) is 0 Å². The minimum atomic E-state index is 0.730. The maximum atomic E-state index is 3.93. The molecular formula is C42H80N2. The Kier molecular flexibility index (Phi) is 37.1. The van der Waals surface area contributed by atoms with Gasteiger partial charge in [0.15, 0.2) is 0 Å². The summed E-state index contributed by atoms with van der Waals surface area (Å²) in [5, 5.41) is 3.93. The number of unbranched alkanes of at least 4 members (excludes halogenated alkanes) is 18. The van der Waals surface area contributed by atoms with Crippen LogP contribution in [0, 0.1) is 0 Å². The highest BCUT2D eigenvalue weighted by Gasteiger charge is 2.08. The van der Waals surface area contributed by atoms with Crippen LogP contribution in [0.15, 0.2) is 48.6 Å². The molecular weight excluding hydrogens is 532 g/mol. The zero-order valence-corrected chi connectivity index (χ0v) is 30.6. The Morgan fingerprint density at radius 1 is 0.432 bits per heavy atom. The van der Waals surface area contributed by atoms with E-state index in [1.54, 1.807) is 0 Å². The van der Waals surface area contributed by atoms with Crippen LogP contribution >= 0.6 is 0 Å². The van der Waals surface area contributed by atoms with Gasteiger partial charge in [-0.05, 0) is 111 Å². The van der Waals surface area contributed by atoms with E-state index in [0.29, 0.717) is 0 Å². The Balaban J connectivity index is 3.83. The Labute approximate surface area is 278 Å². The minimum absolute atomic E-state index is 0.730. The SMILES string of the molecule is CCCCC/C=C\C/C=C\CCCCCCCCC(CCCCCCCC/C=C\C/C=C\CCCCC)NCCCN(C)C. The molecule has 0 fully saturated rings. The van der Waals surface area contributed by atoms with Gasteiger partial charge in [-0.15, -0.1) is 0 Å². The summed E-state index contributed by atoms with van der Waals surface area (Å²) >= 11 is 0. The molecule has 0 radical (unpaired) electrons. The first-order valence-corrected chi connectivity index (χ1v) is 19.7. The summed E-state index contributed by atoms with van der Waals surface area (Å²) in [6.45, 7) is 6.91. The third-order valence-corrected chi connectivity index (χ3v) is 8.72. The second-order valence-electron chi connectivity index (χ2n) is 13.6. The lowest BCUT2D eigenvalue weighted by atomic mass is 9.99. The number of hydrogen-bond donors (Lipinski definition) is 1. The highest BCUT2D eigenvalue weighted by Crippen LogP contribution is 2.15. The van der Waals surface area contributed by atoms with Crippen LogP contribution in [0.4, 0.5) is 0 Å². The first-order chi connectivity index (χ1) is 21.7. The van der Waals surface area contributed by atoms with Crippen molar-refractivity contribution in [3.8, 4) is 0 Å². The molecule has 0 aromatic rings. The van der Waals surface area contributed by atoms with Crippen molar-refractivity contribution in [2.24, 2.45) is 0 Å². The number of allylic oxidation sites excluding steroid dienone is 8. The number of nitrogens with zero attached hydrogens (tertiary/aromatic N) is 1. The molecule has 0 heterocycles. The number of rotatable bonds is 35. The maximum absolute atomic E-state index is 3.93. The van der Waals surface area contributed by atoms with E-state index in [4.69, 9.17) is 0 Å². The molecule has 0 aliphatic heterocycles. The van der Waals surface area contributed by atoms with Crippen LogP contribution in [0.5, 0.6) is 0 Å². The molecule has 0 bridgehead atoms. The van der Waals surface area contributed by atoms with Crippen LogP contribution in [-0.2, 0) is 0 Å². The average molecular weight is 613 g/mol. The van der Waals surface area contributed by atoms with Crippen LogP contribution in [-0.4, -0.2) is 38.1 Å². The van der Waals surface area contributed by atoms with Crippen molar-refractivity contribution in [2.45, 2.75) is 193 Å². The van der Waals surface area contributed by atoms with Gasteiger partial charge in [-0.2, -0.15) is 0 Å². The molecule has 0 amide bonds. The van der Waals surface area contributed by atoms with Crippen LogP contribution in [0.2, 0.25) is 0 Å². The van der Waals surface area contributed by atoms with Crippen LogP contribution < -0.4 is 5.32 Å². The smallest absolute Gasteiger partial charge is 0.00670 e. The van der Waals surface area contributed by atoms with Crippen LogP contribution in [0.25, 0.3) is 0 Å². The van der Waals surface area contributed by atoms with Crippen molar-refractivity contribution in [1.82, 2.24) is 10.2 Å². The van der Waals surface area contributed by atoms with Gasteiger partial charge in [0.1, 0.15) is 0 Å². The minimum Gasteiger partial charge on any atom is -0.314 e. The molecule has 0 spiro atoms. The largest absolute Gasteiger partial charge is 0.314 e. The zero-order chi connectivity index (χ0) is 32.0. The van der Waals surface area contributed by atoms with Gasteiger partial charge >= 0.3 is 0 Å². The standard InChI is InChI=1S/C42H80N2/c1-5-7-9-11-13-15-17-19-21-23-25-27-29-31-33-35-38-42(43-40-37-41-44(3)4)39-36-34-32-30-28-26-24-22-20-18-16-14-12-10-8-6-2/h13-16,19-22,42-43H,5-12,17-18,23-41H2,1-4H3/b15-13-,16-14-,21-19-,22-20-. The average Bonchev–Trinajstić information content (AvgIpc) is 3.02. The van der Waals surface area contributed by atoms with E-state index in [9.17, 15) is 0 Å². The molecule has 2 heteroatoms.